The number of nitriles is 1. The van der Waals surface area contributed by atoms with Crippen molar-refractivity contribution < 1.29 is 0 Å². The Labute approximate surface area is 98.9 Å². The lowest BCUT2D eigenvalue weighted by Crippen LogP contribution is -2.24. The van der Waals surface area contributed by atoms with Crippen LogP contribution in [0.4, 0.5) is 0 Å². The zero-order valence-electron chi connectivity index (χ0n) is 8.42. The molecule has 0 amide bonds. The van der Waals surface area contributed by atoms with Crippen LogP contribution in [-0.4, -0.2) is 6.54 Å². The maximum absolute atomic E-state index is 8.49. The summed E-state index contributed by atoms with van der Waals surface area (Å²) in [7, 11) is 0. The molecule has 1 N–H and O–H groups in total. The lowest BCUT2D eigenvalue weighted by molar-refractivity contribution is 0.469. The fourth-order valence-electron chi connectivity index (χ4n) is 2.04. The SMILES string of the molecule is N#CCCNC1CCCc2sc(Cl)cc21. The summed E-state index contributed by atoms with van der Waals surface area (Å²) in [6, 6.07) is 4.63. The molecule has 1 heterocycles. The number of thiophene rings is 1. The number of fused-ring (bicyclic) bond motifs is 1. The Kier molecular flexibility index (Phi) is 3.63. The van der Waals surface area contributed by atoms with Crippen LogP contribution in [0.25, 0.3) is 0 Å². The first-order valence-corrected chi connectivity index (χ1v) is 6.39. The largest absolute Gasteiger partial charge is 0.309 e. The van der Waals surface area contributed by atoms with Gasteiger partial charge in [0.15, 0.2) is 0 Å². The van der Waals surface area contributed by atoms with Gasteiger partial charge < -0.3 is 5.32 Å². The molecule has 1 unspecified atom stereocenters. The molecule has 1 aliphatic rings. The van der Waals surface area contributed by atoms with Crippen LogP contribution in [0.1, 0.15) is 35.7 Å². The Bertz CT molecular complexity index is 380. The maximum atomic E-state index is 8.49. The van der Waals surface area contributed by atoms with Crippen LogP contribution in [0.15, 0.2) is 6.07 Å². The zero-order chi connectivity index (χ0) is 10.7. The summed E-state index contributed by atoms with van der Waals surface area (Å²) < 4.78 is 0.883. The van der Waals surface area contributed by atoms with Gasteiger partial charge in [-0.3, -0.25) is 0 Å². The highest BCUT2D eigenvalue weighted by atomic mass is 35.5. The highest BCUT2D eigenvalue weighted by molar-refractivity contribution is 7.16. The molecule has 0 saturated carbocycles. The molecule has 0 saturated heterocycles. The minimum Gasteiger partial charge on any atom is -0.309 e. The highest BCUT2D eigenvalue weighted by Gasteiger charge is 2.21. The molecule has 80 valence electrons. The monoisotopic (exact) mass is 240 g/mol. The highest BCUT2D eigenvalue weighted by Crippen LogP contribution is 2.37. The molecule has 4 heteroatoms. The van der Waals surface area contributed by atoms with Crippen molar-refractivity contribution in [2.24, 2.45) is 0 Å². The third-order valence-electron chi connectivity index (χ3n) is 2.71. The summed E-state index contributed by atoms with van der Waals surface area (Å²) in [5.41, 5.74) is 1.36. The van der Waals surface area contributed by atoms with Crippen molar-refractivity contribution in [3.05, 3.63) is 20.8 Å². The Morgan fingerprint density at radius 1 is 1.67 bits per heavy atom. The first kappa shape index (κ1) is 10.9. The molecule has 1 aromatic heterocycles. The Morgan fingerprint density at radius 3 is 3.33 bits per heavy atom. The van der Waals surface area contributed by atoms with E-state index in [1.807, 2.05) is 0 Å². The molecular formula is C11H13ClN2S. The van der Waals surface area contributed by atoms with Crippen molar-refractivity contribution in [2.75, 3.05) is 6.54 Å². The lowest BCUT2D eigenvalue weighted by Gasteiger charge is -2.23. The van der Waals surface area contributed by atoms with Gasteiger partial charge in [-0.05, 0) is 30.9 Å². The van der Waals surface area contributed by atoms with Crippen LogP contribution in [0, 0.1) is 11.3 Å². The van der Waals surface area contributed by atoms with Crippen LogP contribution < -0.4 is 5.32 Å². The number of hydrogen-bond acceptors (Lipinski definition) is 3. The topological polar surface area (TPSA) is 35.8 Å². The predicted octanol–water partition coefficient (Wildman–Crippen LogP) is 3.28. The normalized spacial score (nSPS) is 19.6. The molecule has 0 aromatic carbocycles. The first-order chi connectivity index (χ1) is 7.31. The van der Waals surface area contributed by atoms with Crippen LogP contribution in [0.5, 0.6) is 0 Å². The van der Waals surface area contributed by atoms with Crippen molar-refractivity contribution in [1.29, 1.82) is 5.26 Å². The van der Waals surface area contributed by atoms with Gasteiger partial charge in [-0.25, -0.2) is 0 Å². The minimum atomic E-state index is 0.408. The summed E-state index contributed by atoms with van der Waals surface area (Å²) in [6.45, 7) is 0.772. The molecule has 2 nitrogen and oxygen atoms in total. The van der Waals surface area contributed by atoms with E-state index in [9.17, 15) is 0 Å². The standard InChI is InChI=1S/C11H13ClN2S/c12-11-7-8-9(14-6-2-5-13)3-1-4-10(8)15-11/h7,9,14H,1-4,6H2. The number of aryl methyl sites for hydroxylation is 1. The summed E-state index contributed by atoms with van der Waals surface area (Å²) in [6.07, 6.45) is 4.10. The molecule has 1 atom stereocenters. The number of halogens is 1. The van der Waals surface area contributed by atoms with Gasteiger partial charge in [-0.1, -0.05) is 11.6 Å². The van der Waals surface area contributed by atoms with E-state index in [0.717, 1.165) is 23.7 Å². The molecule has 0 radical (unpaired) electrons. The van der Waals surface area contributed by atoms with Gasteiger partial charge >= 0.3 is 0 Å². The fourth-order valence-corrected chi connectivity index (χ4v) is 3.42. The van der Waals surface area contributed by atoms with Crippen molar-refractivity contribution in [2.45, 2.75) is 31.7 Å². The van der Waals surface area contributed by atoms with Gasteiger partial charge in [-0.15, -0.1) is 11.3 Å². The van der Waals surface area contributed by atoms with Crippen molar-refractivity contribution in [3.63, 3.8) is 0 Å². The van der Waals surface area contributed by atoms with Crippen LogP contribution in [0.3, 0.4) is 0 Å². The summed E-state index contributed by atoms with van der Waals surface area (Å²) in [5, 5.41) is 11.9. The van der Waals surface area contributed by atoms with E-state index in [0.29, 0.717) is 12.5 Å². The van der Waals surface area contributed by atoms with Gasteiger partial charge in [0.25, 0.3) is 0 Å². The van der Waals surface area contributed by atoms with Gasteiger partial charge in [-0.2, -0.15) is 5.26 Å². The summed E-state index contributed by atoms with van der Waals surface area (Å²) >= 11 is 7.71. The molecule has 0 spiro atoms. The Morgan fingerprint density at radius 2 is 2.53 bits per heavy atom. The smallest absolute Gasteiger partial charge is 0.0934 e. The third-order valence-corrected chi connectivity index (χ3v) is 4.05. The maximum Gasteiger partial charge on any atom is 0.0934 e. The Hall–Kier alpha value is -0.560. The molecule has 0 fully saturated rings. The number of rotatable bonds is 3. The number of hydrogen-bond donors (Lipinski definition) is 1. The molecule has 0 bridgehead atoms. The van der Waals surface area contributed by atoms with E-state index in [2.05, 4.69) is 17.5 Å². The van der Waals surface area contributed by atoms with Crippen LogP contribution >= 0.6 is 22.9 Å². The third kappa shape index (κ3) is 2.52. The van der Waals surface area contributed by atoms with E-state index >= 15 is 0 Å². The molecule has 1 aliphatic carbocycles. The number of nitrogens with zero attached hydrogens (tertiary/aromatic N) is 1. The first-order valence-electron chi connectivity index (χ1n) is 5.19. The van der Waals surface area contributed by atoms with Crippen molar-refractivity contribution >= 4 is 22.9 Å². The van der Waals surface area contributed by atoms with Gasteiger partial charge in [0.1, 0.15) is 0 Å². The van der Waals surface area contributed by atoms with Crippen molar-refractivity contribution in [1.82, 2.24) is 5.32 Å². The molecule has 2 rings (SSSR count). The van der Waals surface area contributed by atoms with Gasteiger partial charge in [0.2, 0.25) is 0 Å². The number of nitrogens with one attached hydrogen (secondary N) is 1. The summed E-state index contributed by atoms with van der Waals surface area (Å²) in [5.74, 6) is 0. The minimum absolute atomic E-state index is 0.408. The van der Waals surface area contributed by atoms with E-state index in [4.69, 9.17) is 16.9 Å². The van der Waals surface area contributed by atoms with Crippen LogP contribution in [-0.2, 0) is 6.42 Å². The molecular weight excluding hydrogens is 228 g/mol. The van der Waals surface area contributed by atoms with Crippen molar-refractivity contribution in [3.8, 4) is 6.07 Å². The van der Waals surface area contributed by atoms with Gasteiger partial charge in [0.05, 0.1) is 10.4 Å². The quantitative estimate of drug-likeness (QED) is 0.823. The van der Waals surface area contributed by atoms with Gasteiger partial charge in [0, 0.05) is 23.9 Å². The fraction of sp³-hybridized carbons (Fsp3) is 0.545. The van der Waals surface area contributed by atoms with E-state index in [1.54, 1.807) is 11.3 Å². The second kappa shape index (κ2) is 4.98. The average Bonchev–Trinajstić information content (AvgIpc) is 2.59. The van der Waals surface area contributed by atoms with E-state index in [1.165, 1.54) is 16.9 Å². The lowest BCUT2D eigenvalue weighted by atomic mass is 9.94. The van der Waals surface area contributed by atoms with E-state index in [-0.39, 0.29) is 0 Å². The zero-order valence-corrected chi connectivity index (χ0v) is 10.00. The Balaban J connectivity index is 2.05. The molecule has 15 heavy (non-hydrogen) atoms. The molecule has 1 aromatic rings. The second-order valence-electron chi connectivity index (χ2n) is 3.74. The summed E-state index contributed by atoms with van der Waals surface area (Å²) in [4.78, 5) is 1.42. The van der Waals surface area contributed by atoms with E-state index < -0.39 is 0 Å². The average molecular weight is 241 g/mol. The predicted molar refractivity (Wildman–Crippen MR) is 63.2 cm³/mol. The molecule has 0 aliphatic heterocycles. The second-order valence-corrected chi connectivity index (χ2v) is 5.50. The van der Waals surface area contributed by atoms with Crippen LogP contribution in [0.2, 0.25) is 4.34 Å².